The molecule has 1 saturated heterocycles. The molecule has 2 atom stereocenters. The lowest BCUT2D eigenvalue weighted by Gasteiger charge is -2.47. The molecule has 7 heteroatoms. The van der Waals surface area contributed by atoms with E-state index in [1.165, 1.54) is 7.11 Å². The molecule has 0 N–H and O–H groups in total. The van der Waals surface area contributed by atoms with Gasteiger partial charge in [-0.2, -0.15) is 0 Å². The molecule has 1 amide bonds. The zero-order valence-corrected chi connectivity index (χ0v) is 21.0. The first kappa shape index (κ1) is 24.5. The van der Waals surface area contributed by atoms with Crippen LogP contribution in [0.25, 0.3) is 0 Å². The molecule has 0 bridgehead atoms. The Balaban J connectivity index is 2.31. The number of rotatable bonds is 4. The van der Waals surface area contributed by atoms with Crippen LogP contribution in [-0.2, 0) is 9.47 Å². The van der Waals surface area contributed by atoms with Crippen LogP contribution in [-0.4, -0.2) is 54.3 Å². The molecule has 1 aromatic rings. The second-order valence-corrected chi connectivity index (χ2v) is 10.0. The minimum absolute atomic E-state index is 0.0511. The van der Waals surface area contributed by atoms with Crippen molar-refractivity contribution in [2.75, 3.05) is 18.6 Å². The molecule has 6 nitrogen and oxygen atoms in total. The number of amides is 1. The summed E-state index contributed by atoms with van der Waals surface area (Å²) in [4.78, 5) is 29.2. The molecule has 30 heavy (non-hydrogen) atoms. The van der Waals surface area contributed by atoms with Crippen molar-refractivity contribution in [3.8, 4) is 0 Å². The van der Waals surface area contributed by atoms with Gasteiger partial charge in [-0.25, -0.2) is 9.59 Å². The third kappa shape index (κ3) is 5.48. The van der Waals surface area contributed by atoms with E-state index in [-0.39, 0.29) is 30.2 Å². The van der Waals surface area contributed by atoms with Crippen molar-refractivity contribution in [2.24, 2.45) is 0 Å². The van der Waals surface area contributed by atoms with Crippen molar-refractivity contribution in [2.45, 2.75) is 85.0 Å². The van der Waals surface area contributed by atoms with Crippen LogP contribution in [0.3, 0.4) is 0 Å². The van der Waals surface area contributed by atoms with E-state index in [0.717, 1.165) is 35.1 Å². The van der Waals surface area contributed by atoms with Gasteiger partial charge >= 0.3 is 12.1 Å². The number of halogens is 1. The zero-order chi connectivity index (χ0) is 22.8. The summed E-state index contributed by atoms with van der Waals surface area (Å²) in [6.07, 6.45) is 1.41. The Morgan fingerprint density at radius 3 is 2.23 bits per heavy atom. The molecule has 1 heterocycles. The van der Waals surface area contributed by atoms with Crippen molar-refractivity contribution < 1.29 is 19.1 Å². The van der Waals surface area contributed by atoms with Crippen LogP contribution in [0.4, 0.5) is 10.5 Å². The van der Waals surface area contributed by atoms with Gasteiger partial charge in [0.2, 0.25) is 0 Å². The lowest BCUT2D eigenvalue weighted by atomic mass is 9.91. The van der Waals surface area contributed by atoms with Gasteiger partial charge in [0.25, 0.3) is 0 Å². The Labute approximate surface area is 189 Å². The van der Waals surface area contributed by atoms with Crippen LogP contribution in [0.1, 0.15) is 70.3 Å². The molecule has 0 aliphatic carbocycles. The second-order valence-electron chi connectivity index (χ2n) is 9.09. The molecule has 1 fully saturated rings. The number of esters is 1. The van der Waals surface area contributed by atoms with Crippen LogP contribution in [0.5, 0.6) is 0 Å². The van der Waals surface area contributed by atoms with Crippen LogP contribution in [0.15, 0.2) is 16.6 Å². The molecular formula is C23H35BrN2O4. The summed E-state index contributed by atoms with van der Waals surface area (Å²) in [5.41, 5.74) is 1.97. The highest BCUT2D eigenvalue weighted by Crippen LogP contribution is 2.35. The Hall–Kier alpha value is -1.76. The second kappa shape index (κ2) is 9.58. The van der Waals surface area contributed by atoms with E-state index in [0.29, 0.717) is 5.56 Å². The van der Waals surface area contributed by atoms with Gasteiger partial charge in [0.1, 0.15) is 5.60 Å². The van der Waals surface area contributed by atoms with Crippen molar-refractivity contribution in [1.29, 1.82) is 0 Å². The fourth-order valence-electron chi connectivity index (χ4n) is 4.38. The first-order valence-corrected chi connectivity index (χ1v) is 11.3. The number of methoxy groups -OCH3 is 1. The highest BCUT2D eigenvalue weighted by atomic mass is 79.9. The maximum atomic E-state index is 12.7. The number of piperidine rings is 1. The van der Waals surface area contributed by atoms with Crippen LogP contribution in [0, 0.1) is 6.92 Å². The summed E-state index contributed by atoms with van der Waals surface area (Å²) in [6.45, 7) is 14.7. The van der Waals surface area contributed by atoms with E-state index in [9.17, 15) is 9.59 Å². The van der Waals surface area contributed by atoms with Gasteiger partial charge in [0.15, 0.2) is 0 Å². The van der Waals surface area contributed by atoms with Crippen LogP contribution >= 0.6 is 15.9 Å². The smallest absolute Gasteiger partial charge is 0.410 e. The van der Waals surface area contributed by atoms with Crippen LogP contribution in [0.2, 0.25) is 0 Å². The molecule has 0 radical (unpaired) electrons. The number of ether oxygens (including phenoxy) is 2. The van der Waals surface area contributed by atoms with E-state index in [1.807, 2.05) is 32.6 Å². The normalized spacial score (nSPS) is 21.9. The van der Waals surface area contributed by atoms with Gasteiger partial charge in [0.05, 0.1) is 12.7 Å². The van der Waals surface area contributed by atoms with Crippen LogP contribution < -0.4 is 4.90 Å². The summed E-state index contributed by atoms with van der Waals surface area (Å²) in [6, 6.07) is 4.21. The van der Waals surface area contributed by atoms with Gasteiger partial charge in [0, 0.05) is 34.8 Å². The first-order valence-electron chi connectivity index (χ1n) is 10.6. The molecule has 168 valence electrons. The minimum atomic E-state index is -0.513. The number of anilines is 1. The minimum Gasteiger partial charge on any atom is -0.465 e. The fourth-order valence-corrected chi connectivity index (χ4v) is 4.83. The fraction of sp³-hybridized carbons (Fsp3) is 0.652. The highest BCUT2D eigenvalue weighted by molar-refractivity contribution is 9.10. The summed E-state index contributed by atoms with van der Waals surface area (Å²) >= 11 is 3.54. The van der Waals surface area contributed by atoms with Gasteiger partial charge in [-0.15, -0.1) is 0 Å². The van der Waals surface area contributed by atoms with Crippen molar-refractivity contribution >= 4 is 33.7 Å². The van der Waals surface area contributed by atoms with E-state index in [4.69, 9.17) is 9.47 Å². The Bertz CT molecular complexity index is 778. The van der Waals surface area contributed by atoms with Crippen molar-refractivity contribution in [3.63, 3.8) is 0 Å². The lowest BCUT2D eigenvalue weighted by Crippen LogP contribution is -2.56. The topological polar surface area (TPSA) is 59.1 Å². The van der Waals surface area contributed by atoms with E-state index in [1.54, 1.807) is 6.07 Å². The van der Waals surface area contributed by atoms with Crippen molar-refractivity contribution in [1.82, 2.24) is 4.90 Å². The maximum Gasteiger partial charge on any atom is 0.410 e. The Morgan fingerprint density at radius 1 is 1.20 bits per heavy atom. The third-order valence-electron chi connectivity index (χ3n) is 5.62. The number of benzene rings is 1. The maximum absolute atomic E-state index is 12.7. The highest BCUT2D eigenvalue weighted by Gasteiger charge is 2.38. The average molecular weight is 483 g/mol. The monoisotopic (exact) mass is 482 g/mol. The zero-order valence-electron chi connectivity index (χ0n) is 19.4. The standard InChI is InChI=1S/C23H35BrN2O4/c1-9-25(20-13-17(24)12-19(16(20)4)21(27)29-8)18-10-14(2)26(15(3)11-18)22(28)30-23(5,6)7/h12-15,18H,9-11H2,1-8H3. The molecular weight excluding hydrogens is 448 g/mol. The summed E-state index contributed by atoms with van der Waals surface area (Å²) in [5.74, 6) is -0.340. The third-order valence-corrected chi connectivity index (χ3v) is 6.08. The van der Waals surface area contributed by atoms with Gasteiger partial charge in [-0.1, -0.05) is 15.9 Å². The van der Waals surface area contributed by atoms with Crippen molar-refractivity contribution in [3.05, 3.63) is 27.7 Å². The van der Waals surface area contributed by atoms with Gasteiger partial charge < -0.3 is 19.3 Å². The Kier molecular flexibility index (Phi) is 7.83. The molecule has 0 aromatic heterocycles. The molecule has 1 aliphatic heterocycles. The molecule has 0 spiro atoms. The Morgan fingerprint density at radius 2 is 1.77 bits per heavy atom. The number of nitrogens with zero attached hydrogens (tertiary/aromatic N) is 2. The quantitative estimate of drug-likeness (QED) is 0.526. The molecule has 1 aromatic carbocycles. The number of likely N-dealkylation sites (tertiary alicyclic amines) is 1. The lowest BCUT2D eigenvalue weighted by molar-refractivity contribution is -0.00252. The van der Waals surface area contributed by atoms with Gasteiger partial charge in [-0.05, 0) is 79.0 Å². The summed E-state index contributed by atoms with van der Waals surface area (Å²) < 4.78 is 11.4. The number of carbonyl (C=O) groups excluding carboxylic acids is 2. The summed E-state index contributed by atoms with van der Waals surface area (Å²) in [7, 11) is 1.40. The molecule has 2 unspecified atom stereocenters. The summed E-state index contributed by atoms with van der Waals surface area (Å²) in [5, 5.41) is 0. The van der Waals surface area contributed by atoms with E-state index < -0.39 is 5.60 Å². The van der Waals surface area contributed by atoms with E-state index in [2.05, 4.69) is 47.7 Å². The molecule has 0 saturated carbocycles. The first-order chi connectivity index (χ1) is 13.9. The number of hydrogen-bond acceptors (Lipinski definition) is 5. The largest absolute Gasteiger partial charge is 0.465 e. The van der Waals surface area contributed by atoms with E-state index >= 15 is 0 Å². The average Bonchev–Trinajstić information content (AvgIpc) is 2.62. The predicted octanol–water partition coefficient (Wildman–Crippen LogP) is 5.55. The molecule has 2 rings (SSSR count). The van der Waals surface area contributed by atoms with Gasteiger partial charge in [-0.3, -0.25) is 0 Å². The predicted molar refractivity (Wildman–Crippen MR) is 123 cm³/mol. The number of carbonyl (C=O) groups is 2. The SMILES string of the molecule is CCN(c1cc(Br)cc(C(=O)OC)c1C)C1CC(C)N(C(=O)OC(C)(C)C)C(C)C1. The number of hydrogen-bond donors (Lipinski definition) is 0. The molecule has 1 aliphatic rings.